The number of carboxylic acid groups (broad SMARTS) is 1. The highest BCUT2D eigenvalue weighted by molar-refractivity contribution is 7.99. The van der Waals surface area contributed by atoms with Crippen molar-refractivity contribution >= 4 is 40.9 Å². The lowest BCUT2D eigenvalue weighted by Crippen LogP contribution is -2.35. The molecule has 0 saturated carbocycles. The van der Waals surface area contributed by atoms with Gasteiger partial charge in [0, 0.05) is 22.5 Å². The molecule has 2 N–H and O–H groups in total. The number of hydrogen-bond acceptors (Lipinski definition) is 4. The molecule has 0 spiro atoms. The Morgan fingerprint density at radius 3 is 2.64 bits per heavy atom. The second-order valence-corrected chi connectivity index (χ2v) is 7.60. The molecular formula is C17H20ClN3O3S. The lowest BCUT2D eigenvalue weighted by atomic mass is 10.1. The van der Waals surface area contributed by atoms with E-state index in [2.05, 4.69) is 10.4 Å². The predicted octanol–water partition coefficient (Wildman–Crippen LogP) is 3.87. The van der Waals surface area contributed by atoms with E-state index in [1.165, 1.54) is 17.1 Å². The van der Waals surface area contributed by atoms with Crippen LogP contribution in [0.15, 0.2) is 41.6 Å². The van der Waals surface area contributed by atoms with Crippen molar-refractivity contribution in [3.63, 3.8) is 0 Å². The minimum Gasteiger partial charge on any atom is -0.479 e. The van der Waals surface area contributed by atoms with Crippen LogP contribution in [0.5, 0.6) is 0 Å². The standard InChI is InChI=1S/C17H20ClN3O3S/c1-17(2,16(23)24)21-11-13(10-19-21)20-15(22)4-3-9-25-14-7-5-12(18)6-8-14/h5-8,10-11H,3-4,9H2,1-2H3,(H,20,22)(H,23,24). The summed E-state index contributed by atoms with van der Waals surface area (Å²) in [5.41, 5.74) is -0.678. The van der Waals surface area contributed by atoms with Crippen LogP contribution in [0.4, 0.5) is 5.69 Å². The van der Waals surface area contributed by atoms with Gasteiger partial charge in [-0.05, 0) is 50.3 Å². The van der Waals surface area contributed by atoms with Gasteiger partial charge in [-0.25, -0.2) is 4.79 Å². The number of rotatable bonds is 8. The normalized spacial score (nSPS) is 11.3. The predicted molar refractivity (Wildman–Crippen MR) is 99.2 cm³/mol. The first kappa shape index (κ1) is 19.3. The van der Waals surface area contributed by atoms with Gasteiger partial charge in [0.2, 0.25) is 5.91 Å². The van der Waals surface area contributed by atoms with Crippen molar-refractivity contribution in [2.24, 2.45) is 0 Å². The quantitative estimate of drug-likeness (QED) is 0.535. The maximum atomic E-state index is 12.0. The van der Waals surface area contributed by atoms with Crippen LogP contribution >= 0.6 is 23.4 Å². The molecule has 0 saturated heterocycles. The Balaban J connectivity index is 1.76. The summed E-state index contributed by atoms with van der Waals surface area (Å²) < 4.78 is 1.32. The molecule has 134 valence electrons. The minimum atomic E-state index is -1.17. The zero-order chi connectivity index (χ0) is 18.4. The molecule has 0 aliphatic carbocycles. The van der Waals surface area contributed by atoms with E-state index in [0.717, 1.165) is 17.1 Å². The van der Waals surface area contributed by atoms with Gasteiger partial charge in [-0.15, -0.1) is 11.8 Å². The number of carbonyl (C=O) groups excluding carboxylic acids is 1. The summed E-state index contributed by atoms with van der Waals surface area (Å²) in [6.07, 6.45) is 4.08. The van der Waals surface area contributed by atoms with Gasteiger partial charge in [-0.1, -0.05) is 11.6 Å². The van der Waals surface area contributed by atoms with Gasteiger partial charge < -0.3 is 10.4 Å². The van der Waals surface area contributed by atoms with Gasteiger partial charge in [-0.2, -0.15) is 5.10 Å². The van der Waals surface area contributed by atoms with Gasteiger partial charge in [0.05, 0.1) is 11.9 Å². The number of benzene rings is 1. The largest absolute Gasteiger partial charge is 0.479 e. The summed E-state index contributed by atoms with van der Waals surface area (Å²) in [5.74, 6) is -0.294. The number of nitrogens with zero attached hydrogens (tertiary/aromatic N) is 2. The Bertz CT molecular complexity index is 744. The maximum Gasteiger partial charge on any atom is 0.331 e. The van der Waals surface area contributed by atoms with E-state index in [0.29, 0.717) is 17.1 Å². The SMILES string of the molecule is CC(C)(C(=O)O)n1cc(NC(=O)CCCSc2ccc(Cl)cc2)cn1. The number of aromatic nitrogens is 2. The summed E-state index contributed by atoms with van der Waals surface area (Å²) in [4.78, 5) is 24.3. The van der Waals surface area contributed by atoms with E-state index < -0.39 is 11.5 Å². The van der Waals surface area contributed by atoms with Crippen LogP contribution in [0.1, 0.15) is 26.7 Å². The van der Waals surface area contributed by atoms with Gasteiger partial charge in [0.15, 0.2) is 5.54 Å². The number of nitrogens with one attached hydrogen (secondary N) is 1. The molecule has 1 heterocycles. The molecular weight excluding hydrogens is 362 g/mol. The lowest BCUT2D eigenvalue weighted by Gasteiger charge is -2.19. The zero-order valence-electron chi connectivity index (χ0n) is 14.0. The fourth-order valence-corrected chi connectivity index (χ4v) is 2.95. The van der Waals surface area contributed by atoms with Gasteiger partial charge in [0.25, 0.3) is 0 Å². The lowest BCUT2D eigenvalue weighted by molar-refractivity contribution is -0.146. The molecule has 0 aliphatic heterocycles. The van der Waals surface area contributed by atoms with Crippen molar-refractivity contribution in [2.75, 3.05) is 11.1 Å². The van der Waals surface area contributed by atoms with E-state index in [9.17, 15) is 14.7 Å². The summed E-state index contributed by atoms with van der Waals surface area (Å²) in [6.45, 7) is 3.09. The van der Waals surface area contributed by atoms with Crippen LogP contribution in [-0.2, 0) is 15.1 Å². The zero-order valence-corrected chi connectivity index (χ0v) is 15.6. The van der Waals surface area contributed by atoms with E-state index >= 15 is 0 Å². The molecule has 6 nitrogen and oxygen atoms in total. The number of carboxylic acids is 1. The monoisotopic (exact) mass is 381 g/mol. The fourth-order valence-electron chi connectivity index (χ4n) is 1.97. The third-order valence-corrected chi connectivity index (χ3v) is 4.94. The van der Waals surface area contributed by atoms with Crippen molar-refractivity contribution in [1.29, 1.82) is 0 Å². The minimum absolute atomic E-state index is 0.121. The van der Waals surface area contributed by atoms with E-state index in [1.54, 1.807) is 25.6 Å². The van der Waals surface area contributed by atoms with Crippen LogP contribution in [0.2, 0.25) is 5.02 Å². The topological polar surface area (TPSA) is 84.2 Å². The van der Waals surface area contributed by atoms with Crippen LogP contribution in [0.25, 0.3) is 0 Å². The van der Waals surface area contributed by atoms with Crippen molar-refractivity contribution in [3.05, 3.63) is 41.7 Å². The Morgan fingerprint density at radius 2 is 2.00 bits per heavy atom. The summed E-state index contributed by atoms with van der Waals surface area (Å²) in [7, 11) is 0. The third-order valence-electron chi connectivity index (χ3n) is 3.59. The summed E-state index contributed by atoms with van der Waals surface area (Å²) in [5, 5.41) is 16.6. The fraction of sp³-hybridized carbons (Fsp3) is 0.353. The molecule has 0 unspecified atom stereocenters. The number of anilines is 1. The molecule has 8 heteroatoms. The average Bonchev–Trinajstić information content (AvgIpc) is 3.02. The molecule has 1 aromatic heterocycles. The maximum absolute atomic E-state index is 12.0. The van der Waals surface area contributed by atoms with Crippen molar-refractivity contribution in [1.82, 2.24) is 9.78 Å². The Kier molecular flexibility index (Phi) is 6.50. The first-order chi connectivity index (χ1) is 11.8. The first-order valence-corrected chi connectivity index (χ1v) is 9.12. The van der Waals surface area contributed by atoms with Gasteiger partial charge >= 0.3 is 5.97 Å². The summed E-state index contributed by atoms with van der Waals surface area (Å²) >= 11 is 7.50. The first-order valence-electron chi connectivity index (χ1n) is 7.76. The highest BCUT2D eigenvalue weighted by Crippen LogP contribution is 2.22. The van der Waals surface area contributed by atoms with Crippen LogP contribution in [-0.4, -0.2) is 32.5 Å². The van der Waals surface area contributed by atoms with Gasteiger partial charge in [0.1, 0.15) is 0 Å². The van der Waals surface area contributed by atoms with Crippen molar-refractivity contribution in [2.45, 2.75) is 37.1 Å². The molecule has 1 aromatic carbocycles. The molecule has 0 aliphatic rings. The number of aliphatic carboxylic acids is 1. The second-order valence-electron chi connectivity index (χ2n) is 5.99. The number of amides is 1. The molecule has 2 aromatic rings. The van der Waals surface area contributed by atoms with E-state index in [1.807, 2.05) is 24.3 Å². The van der Waals surface area contributed by atoms with E-state index in [4.69, 9.17) is 11.6 Å². The molecule has 0 atom stereocenters. The average molecular weight is 382 g/mol. The van der Waals surface area contributed by atoms with Crippen LogP contribution in [0, 0.1) is 0 Å². The molecule has 0 radical (unpaired) electrons. The smallest absolute Gasteiger partial charge is 0.331 e. The van der Waals surface area contributed by atoms with Crippen LogP contribution < -0.4 is 5.32 Å². The number of hydrogen-bond donors (Lipinski definition) is 2. The molecule has 0 fully saturated rings. The molecule has 1 amide bonds. The highest BCUT2D eigenvalue weighted by Gasteiger charge is 2.30. The third kappa shape index (κ3) is 5.51. The van der Waals surface area contributed by atoms with E-state index in [-0.39, 0.29) is 5.91 Å². The number of carbonyl (C=O) groups is 2. The van der Waals surface area contributed by atoms with Crippen LogP contribution in [0.3, 0.4) is 0 Å². The number of halogens is 1. The Labute approximate surface area is 155 Å². The Hall–Kier alpha value is -1.99. The summed E-state index contributed by atoms with van der Waals surface area (Å²) in [6, 6.07) is 7.58. The van der Waals surface area contributed by atoms with Gasteiger partial charge in [-0.3, -0.25) is 9.48 Å². The molecule has 0 bridgehead atoms. The molecule has 2 rings (SSSR count). The molecule has 25 heavy (non-hydrogen) atoms. The number of thioether (sulfide) groups is 1. The van der Waals surface area contributed by atoms with Crippen molar-refractivity contribution in [3.8, 4) is 0 Å². The second kappa shape index (κ2) is 8.40. The van der Waals surface area contributed by atoms with Crippen molar-refractivity contribution < 1.29 is 14.7 Å². The Morgan fingerprint density at radius 1 is 1.32 bits per heavy atom. The highest BCUT2D eigenvalue weighted by atomic mass is 35.5.